The zero-order valence-corrected chi connectivity index (χ0v) is 11.7. The van der Waals surface area contributed by atoms with Crippen LogP contribution in [0.4, 0.5) is 0 Å². The first-order valence-electron chi connectivity index (χ1n) is 7.31. The van der Waals surface area contributed by atoms with E-state index in [0.717, 1.165) is 19.1 Å². The Morgan fingerprint density at radius 1 is 1.28 bits per heavy atom. The van der Waals surface area contributed by atoms with Crippen molar-refractivity contribution >= 4 is 0 Å². The number of rotatable bonds is 8. The molecule has 1 aromatic carbocycles. The lowest BCUT2D eigenvalue weighted by molar-refractivity contribution is 0.276. The molecule has 0 amide bonds. The topological polar surface area (TPSA) is 15.3 Å². The van der Waals surface area contributed by atoms with E-state index < -0.39 is 0 Å². The second-order valence-electron chi connectivity index (χ2n) is 5.38. The van der Waals surface area contributed by atoms with Crippen LogP contribution in [0.2, 0.25) is 0 Å². The van der Waals surface area contributed by atoms with Crippen molar-refractivity contribution in [1.29, 1.82) is 0 Å². The van der Waals surface area contributed by atoms with Crippen LogP contribution < -0.4 is 5.32 Å². The lowest BCUT2D eigenvalue weighted by Gasteiger charge is -2.20. The van der Waals surface area contributed by atoms with Gasteiger partial charge in [0.15, 0.2) is 0 Å². The van der Waals surface area contributed by atoms with Crippen molar-refractivity contribution in [3.63, 3.8) is 0 Å². The highest BCUT2D eigenvalue weighted by Gasteiger charge is 2.26. The molecule has 0 radical (unpaired) electrons. The molecule has 0 saturated heterocycles. The van der Waals surface area contributed by atoms with E-state index in [2.05, 4.69) is 54.4 Å². The van der Waals surface area contributed by atoms with E-state index >= 15 is 0 Å². The van der Waals surface area contributed by atoms with E-state index in [0.29, 0.717) is 5.92 Å². The van der Waals surface area contributed by atoms with Crippen LogP contribution in [0.15, 0.2) is 30.3 Å². The second-order valence-corrected chi connectivity index (χ2v) is 5.38. The highest BCUT2D eigenvalue weighted by atomic mass is 15.2. The van der Waals surface area contributed by atoms with Gasteiger partial charge in [-0.2, -0.15) is 0 Å². The van der Waals surface area contributed by atoms with Gasteiger partial charge < -0.3 is 5.32 Å². The van der Waals surface area contributed by atoms with Crippen molar-refractivity contribution in [1.82, 2.24) is 10.2 Å². The molecule has 18 heavy (non-hydrogen) atoms. The SMILES string of the molecule is CCN(CCNCC(C)c1ccccc1)C1CC1. The van der Waals surface area contributed by atoms with Gasteiger partial charge in [-0.15, -0.1) is 0 Å². The Labute approximate surface area is 111 Å². The van der Waals surface area contributed by atoms with Crippen LogP contribution in [0.25, 0.3) is 0 Å². The molecule has 1 aliphatic carbocycles. The summed E-state index contributed by atoms with van der Waals surface area (Å²) >= 11 is 0. The van der Waals surface area contributed by atoms with Crippen molar-refractivity contribution in [3.05, 3.63) is 35.9 Å². The lowest BCUT2D eigenvalue weighted by Crippen LogP contribution is -2.34. The van der Waals surface area contributed by atoms with Gasteiger partial charge in [0.05, 0.1) is 0 Å². The summed E-state index contributed by atoms with van der Waals surface area (Å²) in [6, 6.07) is 11.7. The molecule has 0 aliphatic heterocycles. The Bertz CT molecular complexity index is 332. The summed E-state index contributed by atoms with van der Waals surface area (Å²) in [5.74, 6) is 0.599. The maximum absolute atomic E-state index is 3.59. The summed E-state index contributed by atoms with van der Waals surface area (Å²) in [5.41, 5.74) is 1.43. The third-order valence-electron chi connectivity index (χ3n) is 3.86. The fourth-order valence-corrected chi connectivity index (χ4v) is 2.48. The van der Waals surface area contributed by atoms with E-state index in [1.807, 2.05) is 0 Å². The average molecular weight is 246 g/mol. The van der Waals surface area contributed by atoms with Gasteiger partial charge in [0.25, 0.3) is 0 Å². The van der Waals surface area contributed by atoms with Crippen molar-refractivity contribution in [2.24, 2.45) is 0 Å². The van der Waals surface area contributed by atoms with Gasteiger partial charge in [-0.05, 0) is 30.9 Å². The van der Waals surface area contributed by atoms with Gasteiger partial charge in [0.1, 0.15) is 0 Å². The lowest BCUT2D eigenvalue weighted by atomic mass is 10.0. The Hall–Kier alpha value is -0.860. The standard InChI is InChI=1S/C16H26N2/c1-3-18(16-9-10-16)12-11-17-13-14(2)15-7-5-4-6-8-15/h4-8,14,16-17H,3,9-13H2,1-2H3. The van der Waals surface area contributed by atoms with Crippen LogP contribution in [-0.4, -0.2) is 37.1 Å². The molecule has 0 heterocycles. The predicted molar refractivity (Wildman–Crippen MR) is 78.0 cm³/mol. The first kappa shape index (κ1) is 13.6. The van der Waals surface area contributed by atoms with Crippen LogP contribution >= 0.6 is 0 Å². The normalized spacial score (nSPS) is 17.1. The quantitative estimate of drug-likeness (QED) is 0.710. The van der Waals surface area contributed by atoms with Gasteiger partial charge in [0.2, 0.25) is 0 Å². The van der Waals surface area contributed by atoms with Crippen molar-refractivity contribution in [2.45, 2.75) is 38.6 Å². The Balaban J connectivity index is 1.63. The van der Waals surface area contributed by atoms with Gasteiger partial charge in [-0.25, -0.2) is 0 Å². The number of hydrogen-bond acceptors (Lipinski definition) is 2. The van der Waals surface area contributed by atoms with Crippen LogP contribution in [0, 0.1) is 0 Å². The average Bonchev–Trinajstić information content (AvgIpc) is 3.24. The number of nitrogens with zero attached hydrogens (tertiary/aromatic N) is 1. The molecule has 1 aliphatic rings. The fraction of sp³-hybridized carbons (Fsp3) is 0.625. The molecule has 1 aromatic rings. The third kappa shape index (κ3) is 4.11. The van der Waals surface area contributed by atoms with Crippen LogP contribution in [-0.2, 0) is 0 Å². The summed E-state index contributed by atoms with van der Waals surface area (Å²) in [6.45, 7) is 9.14. The summed E-state index contributed by atoms with van der Waals surface area (Å²) < 4.78 is 0. The van der Waals surface area contributed by atoms with Crippen molar-refractivity contribution < 1.29 is 0 Å². The predicted octanol–water partition coefficient (Wildman–Crippen LogP) is 2.86. The maximum atomic E-state index is 3.59. The molecule has 1 N–H and O–H groups in total. The number of likely N-dealkylation sites (N-methyl/N-ethyl adjacent to an activating group) is 1. The highest BCUT2D eigenvalue weighted by Crippen LogP contribution is 2.25. The summed E-state index contributed by atoms with van der Waals surface area (Å²) in [7, 11) is 0. The zero-order chi connectivity index (χ0) is 12.8. The minimum Gasteiger partial charge on any atom is -0.315 e. The monoisotopic (exact) mass is 246 g/mol. The fourth-order valence-electron chi connectivity index (χ4n) is 2.48. The van der Waals surface area contributed by atoms with Gasteiger partial charge in [0, 0.05) is 25.7 Å². The van der Waals surface area contributed by atoms with E-state index in [9.17, 15) is 0 Å². The minimum absolute atomic E-state index is 0.599. The molecule has 2 nitrogen and oxygen atoms in total. The van der Waals surface area contributed by atoms with Gasteiger partial charge >= 0.3 is 0 Å². The summed E-state index contributed by atoms with van der Waals surface area (Å²) in [5, 5.41) is 3.59. The van der Waals surface area contributed by atoms with E-state index in [4.69, 9.17) is 0 Å². The third-order valence-corrected chi connectivity index (χ3v) is 3.86. The molecule has 2 rings (SSSR count). The van der Waals surface area contributed by atoms with Crippen molar-refractivity contribution in [2.75, 3.05) is 26.2 Å². The zero-order valence-electron chi connectivity index (χ0n) is 11.7. The van der Waals surface area contributed by atoms with E-state index in [1.165, 1.54) is 31.5 Å². The van der Waals surface area contributed by atoms with Crippen molar-refractivity contribution in [3.8, 4) is 0 Å². The van der Waals surface area contributed by atoms with Crippen LogP contribution in [0.3, 0.4) is 0 Å². The Morgan fingerprint density at radius 2 is 2.00 bits per heavy atom. The molecular formula is C16H26N2. The number of hydrogen-bond donors (Lipinski definition) is 1. The molecule has 1 unspecified atom stereocenters. The molecule has 2 heteroatoms. The first-order chi connectivity index (χ1) is 8.81. The molecule has 1 fully saturated rings. The minimum atomic E-state index is 0.599. The maximum Gasteiger partial charge on any atom is 0.0110 e. The Morgan fingerprint density at radius 3 is 2.61 bits per heavy atom. The molecule has 0 spiro atoms. The molecule has 0 aromatic heterocycles. The molecule has 1 saturated carbocycles. The molecule has 0 bridgehead atoms. The molecule has 100 valence electrons. The largest absolute Gasteiger partial charge is 0.315 e. The summed E-state index contributed by atoms with van der Waals surface area (Å²) in [4.78, 5) is 2.60. The van der Waals surface area contributed by atoms with Gasteiger partial charge in [-0.1, -0.05) is 44.2 Å². The smallest absolute Gasteiger partial charge is 0.0110 e. The Kier molecular flexibility index (Phi) is 5.21. The number of nitrogens with one attached hydrogen (secondary N) is 1. The highest BCUT2D eigenvalue weighted by molar-refractivity contribution is 5.18. The van der Waals surface area contributed by atoms with Gasteiger partial charge in [-0.3, -0.25) is 4.90 Å². The van der Waals surface area contributed by atoms with E-state index in [-0.39, 0.29) is 0 Å². The number of benzene rings is 1. The first-order valence-corrected chi connectivity index (χ1v) is 7.31. The second kappa shape index (κ2) is 6.91. The van der Waals surface area contributed by atoms with E-state index in [1.54, 1.807) is 0 Å². The van der Waals surface area contributed by atoms with Crippen LogP contribution in [0.5, 0.6) is 0 Å². The summed E-state index contributed by atoms with van der Waals surface area (Å²) in [6.07, 6.45) is 2.82. The van der Waals surface area contributed by atoms with Crippen LogP contribution in [0.1, 0.15) is 38.2 Å². The molecular weight excluding hydrogens is 220 g/mol. The molecule has 1 atom stereocenters.